The van der Waals surface area contributed by atoms with Crippen molar-refractivity contribution in [1.29, 1.82) is 0 Å². The highest BCUT2D eigenvalue weighted by molar-refractivity contribution is 7.99. The molecule has 2 heteroatoms. The first kappa shape index (κ1) is 9.78. The third kappa shape index (κ3) is 2.18. The van der Waals surface area contributed by atoms with Crippen molar-refractivity contribution in [3.63, 3.8) is 0 Å². The van der Waals surface area contributed by atoms with Gasteiger partial charge < -0.3 is 4.79 Å². The molecular formula is C12H14OS. The van der Waals surface area contributed by atoms with Crippen molar-refractivity contribution < 1.29 is 4.79 Å². The smallest absolute Gasteiger partial charge is 0.120 e. The quantitative estimate of drug-likeness (QED) is 0.428. The third-order valence-electron chi connectivity index (χ3n) is 2.57. The maximum absolute atomic E-state index is 10.2. The number of rotatable bonds is 4. The molecule has 1 aromatic carbocycles. The highest BCUT2D eigenvalue weighted by Gasteiger charge is 2.10. The molecule has 1 aliphatic carbocycles. The molecule has 0 N–H and O–H groups in total. The molecule has 74 valence electrons. The van der Waals surface area contributed by atoms with Gasteiger partial charge >= 0.3 is 0 Å². The van der Waals surface area contributed by atoms with Gasteiger partial charge in [0, 0.05) is 17.1 Å². The number of aldehydes is 1. The Morgan fingerprint density at radius 2 is 2.14 bits per heavy atom. The molecule has 0 atom stereocenters. The molecule has 0 unspecified atom stereocenters. The van der Waals surface area contributed by atoms with E-state index in [0.717, 1.165) is 12.0 Å². The van der Waals surface area contributed by atoms with Gasteiger partial charge in [-0.3, -0.25) is 0 Å². The molecular weight excluding hydrogens is 192 g/mol. The van der Waals surface area contributed by atoms with E-state index >= 15 is 0 Å². The number of benzene rings is 1. The lowest BCUT2D eigenvalue weighted by Crippen LogP contribution is -1.84. The largest absolute Gasteiger partial charge is 0.303 e. The summed E-state index contributed by atoms with van der Waals surface area (Å²) in [6, 6.07) is 6.71. The monoisotopic (exact) mass is 206 g/mol. The summed E-state index contributed by atoms with van der Waals surface area (Å²) in [5, 5.41) is 0. The lowest BCUT2D eigenvalue weighted by atomic mass is 10.1. The molecule has 0 radical (unpaired) electrons. The van der Waals surface area contributed by atoms with E-state index in [1.807, 2.05) is 0 Å². The predicted octanol–water partition coefficient (Wildman–Crippen LogP) is 2.86. The van der Waals surface area contributed by atoms with E-state index in [-0.39, 0.29) is 0 Å². The van der Waals surface area contributed by atoms with Gasteiger partial charge in [-0.1, -0.05) is 6.07 Å². The summed E-state index contributed by atoms with van der Waals surface area (Å²) in [5.41, 5.74) is 3.03. The lowest BCUT2D eigenvalue weighted by molar-refractivity contribution is -0.107. The van der Waals surface area contributed by atoms with Crippen molar-refractivity contribution in [2.75, 3.05) is 5.75 Å². The molecule has 1 nitrogen and oxygen atoms in total. The van der Waals surface area contributed by atoms with Crippen LogP contribution in [0.2, 0.25) is 0 Å². The van der Waals surface area contributed by atoms with Gasteiger partial charge in [0.05, 0.1) is 0 Å². The number of carbonyl (C=O) groups excluding carboxylic acids is 1. The summed E-state index contributed by atoms with van der Waals surface area (Å²) in [5.74, 6) is 0.905. The van der Waals surface area contributed by atoms with Crippen LogP contribution >= 0.6 is 11.8 Å². The van der Waals surface area contributed by atoms with Gasteiger partial charge in [-0.15, -0.1) is 11.8 Å². The van der Waals surface area contributed by atoms with E-state index in [1.54, 1.807) is 11.8 Å². The van der Waals surface area contributed by atoms with Gasteiger partial charge in [-0.25, -0.2) is 0 Å². The van der Waals surface area contributed by atoms with Crippen molar-refractivity contribution >= 4 is 18.0 Å². The van der Waals surface area contributed by atoms with Gasteiger partial charge in [0.1, 0.15) is 6.29 Å². The molecule has 0 saturated carbocycles. The summed E-state index contributed by atoms with van der Waals surface area (Å²) in [6.07, 6.45) is 5.42. The number of hydrogen-bond acceptors (Lipinski definition) is 2. The Bertz CT molecular complexity index is 333. The zero-order valence-corrected chi connectivity index (χ0v) is 8.98. The van der Waals surface area contributed by atoms with Gasteiger partial charge in [-0.05, 0) is 42.5 Å². The number of carbonyl (C=O) groups is 1. The molecule has 0 bridgehead atoms. The maximum Gasteiger partial charge on any atom is 0.120 e. The molecule has 1 aromatic rings. The summed E-state index contributed by atoms with van der Waals surface area (Å²) in [6.45, 7) is 0. The molecule has 0 spiro atoms. The van der Waals surface area contributed by atoms with E-state index in [0.29, 0.717) is 6.42 Å². The van der Waals surface area contributed by atoms with E-state index in [4.69, 9.17) is 0 Å². The Morgan fingerprint density at radius 1 is 1.29 bits per heavy atom. The van der Waals surface area contributed by atoms with Crippen molar-refractivity contribution in [2.45, 2.75) is 30.6 Å². The van der Waals surface area contributed by atoms with Crippen LogP contribution in [0.3, 0.4) is 0 Å². The molecule has 14 heavy (non-hydrogen) atoms. The van der Waals surface area contributed by atoms with E-state index in [1.165, 1.54) is 35.3 Å². The van der Waals surface area contributed by atoms with Crippen molar-refractivity contribution in [1.82, 2.24) is 0 Å². The van der Waals surface area contributed by atoms with Crippen molar-refractivity contribution in [3.8, 4) is 0 Å². The van der Waals surface area contributed by atoms with Crippen LogP contribution in [-0.4, -0.2) is 12.0 Å². The second-order valence-electron chi connectivity index (χ2n) is 3.59. The van der Waals surface area contributed by atoms with Crippen LogP contribution in [0.25, 0.3) is 0 Å². The predicted molar refractivity (Wildman–Crippen MR) is 59.9 cm³/mol. The molecule has 0 heterocycles. The van der Waals surface area contributed by atoms with Crippen LogP contribution in [0.4, 0.5) is 0 Å². The van der Waals surface area contributed by atoms with Gasteiger partial charge in [0.25, 0.3) is 0 Å². The zero-order valence-electron chi connectivity index (χ0n) is 8.16. The number of fused-ring (bicyclic) bond motifs is 1. The Morgan fingerprint density at radius 3 is 3.00 bits per heavy atom. The van der Waals surface area contributed by atoms with Gasteiger partial charge in [0.15, 0.2) is 0 Å². The second-order valence-corrected chi connectivity index (χ2v) is 4.76. The fourth-order valence-electron chi connectivity index (χ4n) is 1.86. The maximum atomic E-state index is 10.2. The molecule has 0 amide bonds. The van der Waals surface area contributed by atoms with Gasteiger partial charge in [-0.2, -0.15) is 0 Å². The normalized spacial score (nSPS) is 14.0. The summed E-state index contributed by atoms with van der Waals surface area (Å²) >= 11 is 1.78. The van der Waals surface area contributed by atoms with Crippen LogP contribution in [0.1, 0.15) is 24.0 Å². The Balaban J connectivity index is 2.01. The van der Waals surface area contributed by atoms with Crippen LogP contribution in [-0.2, 0) is 17.6 Å². The average molecular weight is 206 g/mol. The van der Waals surface area contributed by atoms with Gasteiger partial charge in [0.2, 0.25) is 0 Å². The molecule has 0 saturated heterocycles. The van der Waals surface area contributed by atoms with E-state index < -0.39 is 0 Å². The van der Waals surface area contributed by atoms with Crippen LogP contribution < -0.4 is 0 Å². The number of aryl methyl sites for hydroxylation is 2. The topological polar surface area (TPSA) is 17.1 Å². The van der Waals surface area contributed by atoms with Crippen LogP contribution in [0.5, 0.6) is 0 Å². The van der Waals surface area contributed by atoms with Crippen LogP contribution in [0, 0.1) is 0 Å². The molecule has 0 aliphatic heterocycles. The molecule has 0 aromatic heterocycles. The first-order valence-corrected chi connectivity index (χ1v) is 6.07. The fourth-order valence-corrected chi connectivity index (χ4v) is 2.70. The molecule has 2 rings (SSSR count). The Kier molecular flexibility index (Phi) is 3.25. The minimum atomic E-state index is 0.655. The highest BCUT2D eigenvalue weighted by atomic mass is 32.2. The Hall–Kier alpha value is -0.760. The summed E-state index contributed by atoms with van der Waals surface area (Å²) in [7, 11) is 0. The molecule has 0 fully saturated rings. The summed E-state index contributed by atoms with van der Waals surface area (Å²) < 4.78 is 0. The minimum absolute atomic E-state index is 0.655. The van der Waals surface area contributed by atoms with Crippen molar-refractivity contribution in [2.24, 2.45) is 0 Å². The number of hydrogen-bond donors (Lipinski definition) is 0. The van der Waals surface area contributed by atoms with E-state index in [2.05, 4.69) is 18.2 Å². The standard InChI is InChI=1S/C12H14OS/c13-7-2-8-14-12-6-5-10-3-1-4-11(10)9-12/h5-7,9H,1-4,8H2. The highest BCUT2D eigenvalue weighted by Crippen LogP contribution is 2.27. The zero-order chi connectivity index (χ0) is 9.80. The first-order valence-electron chi connectivity index (χ1n) is 5.08. The van der Waals surface area contributed by atoms with E-state index in [9.17, 15) is 4.79 Å². The number of thioether (sulfide) groups is 1. The molecule has 1 aliphatic rings. The summed E-state index contributed by atoms with van der Waals surface area (Å²) in [4.78, 5) is 11.5. The average Bonchev–Trinajstić information content (AvgIpc) is 2.65. The minimum Gasteiger partial charge on any atom is -0.303 e. The second kappa shape index (κ2) is 4.65. The fraction of sp³-hybridized carbons (Fsp3) is 0.417. The third-order valence-corrected chi connectivity index (χ3v) is 3.60. The van der Waals surface area contributed by atoms with Crippen LogP contribution in [0.15, 0.2) is 23.1 Å². The SMILES string of the molecule is O=CCCSc1ccc2c(c1)CCC2. The first-order chi connectivity index (χ1) is 6.90. The Labute approximate surface area is 88.9 Å². The van der Waals surface area contributed by atoms with Crippen molar-refractivity contribution in [3.05, 3.63) is 29.3 Å². The lowest BCUT2D eigenvalue weighted by Gasteiger charge is -2.03.